The van der Waals surface area contributed by atoms with Crippen LogP contribution in [0.25, 0.3) is 0 Å². The maximum absolute atomic E-state index is 4.62. The summed E-state index contributed by atoms with van der Waals surface area (Å²) < 4.78 is 0. The number of nitrogens with zero attached hydrogens (tertiary/aromatic N) is 2. The molecule has 90 valence electrons. The molecule has 3 nitrogen and oxygen atoms in total. The first kappa shape index (κ1) is 12.0. The van der Waals surface area contributed by atoms with Gasteiger partial charge in [0.05, 0.1) is 10.7 Å². The van der Waals surface area contributed by atoms with Gasteiger partial charge in [0.1, 0.15) is 0 Å². The minimum absolute atomic E-state index is 0.169. The molecule has 16 heavy (non-hydrogen) atoms. The molecule has 1 saturated heterocycles. The van der Waals surface area contributed by atoms with Crippen molar-refractivity contribution < 1.29 is 0 Å². The highest BCUT2D eigenvalue weighted by Gasteiger charge is 2.26. The van der Waals surface area contributed by atoms with Crippen molar-refractivity contribution in [3.8, 4) is 0 Å². The minimum Gasteiger partial charge on any atom is -0.314 e. The van der Waals surface area contributed by atoms with Gasteiger partial charge in [0.25, 0.3) is 0 Å². The summed E-state index contributed by atoms with van der Waals surface area (Å²) in [4.78, 5) is 7.16. The highest BCUT2D eigenvalue weighted by molar-refractivity contribution is 7.09. The third kappa shape index (κ3) is 2.81. The lowest BCUT2D eigenvalue weighted by Crippen LogP contribution is -2.48. The van der Waals surface area contributed by atoms with Gasteiger partial charge in [-0.05, 0) is 6.92 Å². The molecule has 0 radical (unpaired) electrons. The van der Waals surface area contributed by atoms with Crippen molar-refractivity contribution in [1.29, 1.82) is 0 Å². The van der Waals surface area contributed by atoms with Crippen molar-refractivity contribution in [1.82, 2.24) is 15.2 Å². The Morgan fingerprint density at radius 1 is 1.44 bits per heavy atom. The van der Waals surface area contributed by atoms with E-state index < -0.39 is 0 Å². The molecule has 0 aromatic carbocycles. The van der Waals surface area contributed by atoms with Crippen molar-refractivity contribution >= 4 is 11.3 Å². The van der Waals surface area contributed by atoms with Crippen LogP contribution in [-0.2, 0) is 5.41 Å². The summed E-state index contributed by atoms with van der Waals surface area (Å²) in [6.07, 6.45) is 0. The van der Waals surface area contributed by atoms with Gasteiger partial charge in [0.15, 0.2) is 0 Å². The monoisotopic (exact) mass is 239 g/mol. The summed E-state index contributed by atoms with van der Waals surface area (Å²) in [5, 5.41) is 6.76. The number of piperazine rings is 1. The van der Waals surface area contributed by atoms with E-state index in [1.165, 1.54) is 10.7 Å². The topological polar surface area (TPSA) is 28.2 Å². The van der Waals surface area contributed by atoms with E-state index in [4.69, 9.17) is 0 Å². The lowest BCUT2D eigenvalue weighted by atomic mass is 9.89. The Hall–Kier alpha value is -0.450. The van der Waals surface area contributed by atoms with E-state index in [0.717, 1.165) is 32.7 Å². The van der Waals surface area contributed by atoms with Crippen LogP contribution >= 0.6 is 11.3 Å². The second-order valence-electron chi connectivity index (χ2n) is 5.16. The Bertz CT molecular complexity index is 340. The van der Waals surface area contributed by atoms with E-state index >= 15 is 0 Å². The van der Waals surface area contributed by atoms with Crippen LogP contribution in [-0.4, -0.2) is 42.6 Å². The third-order valence-corrected chi connectivity index (χ3v) is 3.91. The zero-order valence-electron chi connectivity index (χ0n) is 10.4. The van der Waals surface area contributed by atoms with Crippen LogP contribution in [0.2, 0.25) is 0 Å². The second kappa shape index (κ2) is 4.82. The number of rotatable bonds is 3. The summed E-state index contributed by atoms with van der Waals surface area (Å²) in [5.74, 6) is 0. The van der Waals surface area contributed by atoms with Gasteiger partial charge >= 0.3 is 0 Å². The van der Waals surface area contributed by atoms with Gasteiger partial charge in [0, 0.05) is 43.5 Å². The summed E-state index contributed by atoms with van der Waals surface area (Å²) in [7, 11) is 0. The fourth-order valence-electron chi connectivity index (χ4n) is 2.18. The molecule has 2 heterocycles. The molecule has 1 aromatic heterocycles. The Labute approximate surface area is 102 Å². The molecule has 0 aliphatic carbocycles. The van der Waals surface area contributed by atoms with Crippen molar-refractivity contribution in [3.05, 3.63) is 16.1 Å². The SMILES string of the molecule is Cc1nc(C(C)(C)CN2CCNCC2)cs1. The number of hydrogen-bond donors (Lipinski definition) is 1. The normalized spacial score (nSPS) is 18.9. The number of thiazole rings is 1. The van der Waals surface area contributed by atoms with Crippen molar-refractivity contribution in [2.24, 2.45) is 0 Å². The molecule has 1 aliphatic rings. The Morgan fingerprint density at radius 2 is 2.12 bits per heavy atom. The van der Waals surface area contributed by atoms with Crippen molar-refractivity contribution in [3.63, 3.8) is 0 Å². The summed E-state index contributed by atoms with van der Waals surface area (Å²) >= 11 is 1.75. The standard InChI is InChI=1S/C12H21N3S/c1-10-14-11(8-16-10)12(2,3)9-15-6-4-13-5-7-15/h8,13H,4-7,9H2,1-3H3. The van der Waals surface area contributed by atoms with E-state index in [9.17, 15) is 0 Å². The summed E-state index contributed by atoms with van der Waals surface area (Å²) in [6.45, 7) is 12.3. The zero-order valence-corrected chi connectivity index (χ0v) is 11.2. The number of nitrogens with one attached hydrogen (secondary N) is 1. The van der Waals surface area contributed by atoms with Crippen molar-refractivity contribution in [2.45, 2.75) is 26.2 Å². The fourth-order valence-corrected chi connectivity index (χ4v) is 2.99. The predicted octanol–water partition coefficient (Wildman–Crippen LogP) is 1.63. The number of aromatic nitrogens is 1. The van der Waals surface area contributed by atoms with E-state index in [1.54, 1.807) is 11.3 Å². The number of hydrogen-bond acceptors (Lipinski definition) is 4. The van der Waals surface area contributed by atoms with E-state index in [0.29, 0.717) is 0 Å². The lowest BCUT2D eigenvalue weighted by Gasteiger charge is -2.34. The van der Waals surface area contributed by atoms with Crippen LogP contribution < -0.4 is 5.32 Å². The van der Waals surface area contributed by atoms with Gasteiger partial charge in [-0.3, -0.25) is 4.90 Å². The minimum atomic E-state index is 0.169. The molecule has 0 saturated carbocycles. The summed E-state index contributed by atoms with van der Waals surface area (Å²) in [6, 6.07) is 0. The molecule has 1 aromatic rings. The van der Waals surface area contributed by atoms with Crippen LogP contribution in [0.3, 0.4) is 0 Å². The highest BCUT2D eigenvalue weighted by atomic mass is 32.1. The van der Waals surface area contributed by atoms with Crippen LogP contribution in [0.5, 0.6) is 0 Å². The zero-order chi connectivity index (χ0) is 11.6. The molecule has 0 bridgehead atoms. The van der Waals surface area contributed by atoms with Crippen molar-refractivity contribution in [2.75, 3.05) is 32.7 Å². The molecule has 4 heteroatoms. The lowest BCUT2D eigenvalue weighted by molar-refractivity contribution is 0.198. The van der Waals surface area contributed by atoms with Gasteiger partial charge in [-0.25, -0.2) is 4.98 Å². The maximum Gasteiger partial charge on any atom is 0.0897 e. The molecule has 0 amide bonds. The van der Waals surface area contributed by atoms with Gasteiger partial charge in [-0.2, -0.15) is 0 Å². The van der Waals surface area contributed by atoms with Gasteiger partial charge in [0.2, 0.25) is 0 Å². The predicted molar refractivity (Wildman–Crippen MR) is 69.2 cm³/mol. The molecule has 0 atom stereocenters. The quantitative estimate of drug-likeness (QED) is 0.869. The van der Waals surface area contributed by atoms with E-state index in [1.807, 2.05) is 0 Å². The van der Waals surface area contributed by atoms with Gasteiger partial charge < -0.3 is 5.32 Å². The first-order chi connectivity index (χ1) is 7.58. The molecule has 0 spiro atoms. The first-order valence-corrected chi connectivity index (χ1v) is 6.81. The van der Waals surface area contributed by atoms with Crippen LogP contribution in [0.15, 0.2) is 5.38 Å². The molecule has 2 rings (SSSR count). The smallest absolute Gasteiger partial charge is 0.0897 e. The van der Waals surface area contributed by atoms with Crippen LogP contribution in [0.4, 0.5) is 0 Å². The second-order valence-corrected chi connectivity index (χ2v) is 6.22. The Morgan fingerprint density at radius 3 is 2.69 bits per heavy atom. The average molecular weight is 239 g/mol. The van der Waals surface area contributed by atoms with Crippen LogP contribution in [0, 0.1) is 6.92 Å². The van der Waals surface area contributed by atoms with Crippen LogP contribution in [0.1, 0.15) is 24.5 Å². The highest BCUT2D eigenvalue weighted by Crippen LogP contribution is 2.25. The van der Waals surface area contributed by atoms with E-state index in [-0.39, 0.29) is 5.41 Å². The molecule has 1 fully saturated rings. The molecular weight excluding hydrogens is 218 g/mol. The van der Waals surface area contributed by atoms with Gasteiger partial charge in [-0.1, -0.05) is 13.8 Å². The number of aryl methyl sites for hydroxylation is 1. The molecule has 1 N–H and O–H groups in total. The summed E-state index contributed by atoms with van der Waals surface area (Å²) in [5.41, 5.74) is 1.41. The fraction of sp³-hybridized carbons (Fsp3) is 0.750. The Balaban J connectivity index is 2.01. The Kier molecular flexibility index (Phi) is 3.62. The molecule has 0 unspecified atom stereocenters. The largest absolute Gasteiger partial charge is 0.314 e. The first-order valence-electron chi connectivity index (χ1n) is 5.94. The average Bonchev–Trinajstić information content (AvgIpc) is 2.66. The van der Waals surface area contributed by atoms with E-state index in [2.05, 4.69) is 41.4 Å². The maximum atomic E-state index is 4.62. The molecule has 1 aliphatic heterocycles. The molecular formula is C12H21N3S. The van der Waals surface area contributed by atoms with Gasteiger partial charge in [-0.15, -0.1) is 11.3 Å². The third-order valence-electron chi connectivity index (χ3n) is 3.14.